The second-order valence-corrected chi connectivity index (χ2v) is 6.70. The van der Waals surface area contributed by atoms with Crippen LogP contribution in [0.2, 0.25) is 0 Å². The van der Waals surface area contributed by atoms with Gasteiger partial charge in [-0.3, -0.25) is 25.2 Å². The minimum Gasteiger partial charge on any atom is -0.349 e. The van der Waals surface area contributed by atoms with Crippen molar-refractivity contribution in [2.24, 2.45) is 0 Å². The molecule has 0 atom stereocenters. The molecule has 0 bridgehead atoms. The molecule has 1 aliphatic rings. The SMILES string of the molecule is CCc1ccc(C(=O)NNC(=O)/C=C/c2ccc(C(=O)NC3CC3)cc2)cc1. The third kappa shape index (κ3) is 5.54. The van der Waals surface area contributed by atoms with Crippen LogP contribution in [0.25, 0.3) is 6.08 Å². The highest BCUT2D eigenvalue weighted by Crippen LogP contribution is 2.19. The minimum atomic E-state index is -0.450. The molecule has 0 radical (unpaired) electrons. The second kappa shape index (κ2) is 8.99. The first-order valence-electron chi connectivity index (χ1n) is 9.33. The number of amides is 3. The van der Waals surface area contributed by atoms with Crippen molar-refractivity contribution in [3.63, 3.8) is 0 Å². The lowest BCUT2D eigenvalue weighted by molar-refractivity contribution is -0.117. The van der Waals surface area contributed by atoms with Crippen LogP contribution in [0.1, 0.15) is 51.6 Å². The number of aryl methyl sites for hydroxylation is 1. The molecule has 0 aliphatic heterocycles. The van der Waals surface area contributed by atoms with Gasteiger partial charge in [-0.1, -0.05) is 31.2 Å². The number of hydrogen-bond donors (Lipinski definition) is 3. The first-order chi connectivity index (χ1) is 13.5. The Morgan fingerprint density at radius 3 is 2.11 bits per heavy atom. The van der Waals surface area contributed by atoms with Gasteiger partial charge in [0.15, 0.2) is 0 Å². The van der Waals surface area contributed by atoms with Gasteiger partial charge in [0.25, 0.3) is 17.7 Å². The van der Waals surface area contributed by atoms with E-state index in [1.54, 1.807) is 42.5 Å². The highest BCUT2D eigenvalue weighted by Gasteiger charge is 2.23. The maximum Gasteiger partial charge on any atom is 0.269 e. The molecule has 3 rings (SSSR count). The van der Waals surface area contributed by atoms with Gasteiger partial charge in [0.05, 0.1) is 0 Å². The van der Waals surface area contributed by atoms with E-state index in [9.17, 15) is 14.4 Å². The van der Waals surface area contributed by atoms with Gasteiger partial charge in [0.1, 0.15) is 0 Å². The summed E-state index contributed by atoms with van der Waals surface area (Å²) in [5.74, 6) is -0.907. The van der Waals surface area contributed by atoms with Crippen molar-refractivity contribution >= 4 is 23.8 Å². The molecule has 6 heteroatoms. The molecule has 0 aromatic heterocycles. The minimum absolute atomic E-state index is 0.0783. The van der Waals surface area contributed by atoms with E-state index in [1.165, 1.54) is 6.08 Å². The molecule has 1 fully saturated rings. The van der Waals surface area contributed by atoms with Crippen LogP contribution in [-0.2, 0) is 11.2 Å². The van der Waals surface area contributed by atoms with Crippen LogP contribution < -0.4 is 16.2 Å². The van der Waals surface area contributed by atoms with Crippen molar-refractivity contribution in [2.45, 2.75) is 32.2 Å². The van der Waals surface area contributed by atoms with E-state index < -0.39 is 5.91 Å². The van der Waals surface area contributed by atoms with Crippen LogP contribution in [0.3, 0.4) is 0 Å². The summed E-state index contributed by atoms with van der Waals surface area (Å²) >= 11 is 0. The molecular formula is C22H23N3O3. The van der Waals surface area contributed by atoms with Crippen molar-refractivity contribution < 1.29 is 14.4 Å². The molecule has 3 N–H and O–H groups in total. The van der Waals surface area contributed by atoms with Crippen molar-refractivity contribution in [1.29, 1.82) is 0 Å². The quantitative estimate of drug-likeness (QED) is 0.534. The topological polar surface area (TPSA) is 87.3 Å². The van der Waals surface area contributed by atoms with E-state index in [4.69, 9.17) is 0 Å². The Labute approximate surface area is 164 Å². The van der Waals surface area contributed by atoms with Gasteiger partial charge in [0.2, 0.25) is 0 Å². The highest BCUT2D eigenvalue weighted by molar-refractivity contribution is 5.98. The zero-order valence-electron chi connectivity index (χ0n) is 15.7. The number of carbonyl (C=O) groups is 3. The fraction of sp³-hybridized carbons (Fsp3) is 0.227. The molecule has 3 amide bonds. The Kier molecular flexibility index (Phi) is 6.22. The van der Waals surface area contributed by atoms with E-state index in [0.29, 0.717) is 17.2 Å². The van der Waals surface area contributed by atoms with E-state index in [-0.39, 0.29) is 11.8 Å². The van der Waals surface area contributed by atoms with Gasteiger partial charge in [-0.25, -0.2) is 0 Å². The molecule has 0 saturated heterocycles. The smallest absolute Gasteiger partial charge is 0.269 e. The summed E-state index contributed by atoms with van der Waals surface area (Å²) in [5, 5.41) is 2.93. The third-order valence-corrected chi connectivity index (χ3v) is 4.44. The molecular weight excluding hydrogens is 354 g/mol. The summed E-state index contributed by atoms with van der Waals surface area (Å²) < 4.78 is 0. The van der Waals surface area contributed by atoms with Crippen LogP contribution in [0, 0.1) is 0 Å². The fourth-order valence-corrected chi connectivity index (χ4v) is 2.54. The Balaban J connectivity index is 1.47. The predicted octanol–water partition coefficient (Wildman–Crippen LogP) is 2.62. The van der Waals surface area contributed by atoms with E-state index in [1.807, 2.05) is 19.1 Å². The van der Waals surface area contributed by atoms with Crippen LogP contribution in [-0.4, -0.2) is 23.8 Å². The summed E-state index contributed by atoms with van der Waals surface area (Å²) in [4.78, 5) is 35.8. The highest BCUT2D eigenvalue weighted by atomic mass is 16.2. The second-order valence-electron chi connectivity index (χ2n) is 6.70. The van der Waals surface area contributed by atoms with Crippen molar-refractivity contribution in [1.82, 2.24) is 16.2 Å². The molecule has 0 spiro atoms. The normalized spacial score (nSPS) is 13.2. The standard InChI is InChI=1S/C22H23N3O3/c1-2-15-3-8-18(9-4-15)22(28)25-24-20(26)14-7-16-5-10-17(11-6-16)21(27)23-19-12-13-19/h3-11,14,19H,2,12-13H2,1H3,(H,23,27)(H,24,26)(H,25,28)/b14-7+. The Morgan fingerprint density at radius 2 is 1.50 bits per heavy atom. The lowest BCUT2D eigenvalue weighted by Gasteiger charge is -2.06. The molecule has 2 aromatic rings. The zero-order valence-corrected chi connectivity index (χ0v) is 15.7. The number of rotatable bonds is 6. The molecule has 0 heterocycles. The van der Waals surface area contributed by atoms with Crippen LogP contribution >= 0.6 is 0 Å². The van der Waals surface area contributed by atoms with E-state index >= 15 is 0 Å². The Hall–Kier alpha value is -3.41. The number of carbonyl (C=O) groups excluding carboxylic acids is 3. The number of hydrogen-bond acceptors (Lipinski definition) is 3. The van der Waals surface area contributed by atoms with E-state index in [0.717, 1.165) is 30.4 Å². The van der Waals surface area contributed by atoms with Gasteiger partial charge >= 0.3 is 0 Å². The Morgan fingerprint density at radius 1 is 0.893 bits per heavy atom. The van der Waals surface area contributed by atoms with Crippen molar-refractivity contribution in [2.75, 3.05) is 0 Å². The van der Waals surface area contributed by atoms with Crippen molar-refractivity contribution in [3.8, 4) is 0 Å². The van der Waals surface area contributed by atoms with Gasteiger partial charge < -0.3 is 5.32 Å². The Bertz CT molecular complexity index is 882. The van der Waals surface area contributed by atoms with Gasteiger partial charge in [-0.05, 0) is 60.7 Å². The van der Waals surface area contributed by atoms with Gasteiger partial charge in [0, 0.05) is 23.2 Å². The fourth-order valence-electron chi connectivity index (χ4n) is 2.54. The van der Waals surface area contributed by atoms with Crippen LogP contribution in [0.5, 0.6) is 0 Å². The predicted molar refractivity (Wildman–Crippen MR) is 107 cm³/mol. The summed E-state index contributed by atoms with van der Waals surface area (Å²) in [5.41, 5.74) is 7.71. The summed E-state index contributed by atoms with van der Waals surface area (Å²) in [6, 6.07) is 14.5. The maximum absolute atomic E-state index is 12.0. The molecule has 6 nitrogen and oxygen atoms in total. The largest absolute Gasteiger partial charge is 0.349 e. The molecule has 28 heavy (non-hydrogen) atoms. The molecule has 144 valence electrons. The maximum atomic E-state index is 12.0. The number of hydrazine groups is 1. The van der Waals surface area contributed by atoms with Gasteiger partial charge in [-0.2, -0.15) is 0 Å². The molecule has 0 unspecified atom stereocenters. The monoisotopic (exact) mass is 377 g/mol. The lowest BCUT2D eigenvalue weighted by atomic mass is 10.1. The number of nitrogens with one attached hydrogen (secondary N) is 3. The third-order valence-electron chi connectivity index (χ3n) is 4.44. The number of benzene rings is 2. The molecule has 2 aromatic carbocycles. The van der Waals surface area contributed by atoms with Crippen LogP contribution in [0.15, 0.2) is 54.6 Å². The molecule has 1 aliphatic carbocycles. The van der Waals surface area contributed by atoms with Crippen LogP contribution in [0.4, 0.5) is 0 Å². The average Bonchev–Trinajstić information content (AvgIpc) is 3.54. The lowest BCUT2D eigenvalue weighted by Crippen LogP contribution is -2.40. The first-order valence-corrected chi connectivity index (χ1v) is 9.33. The van der Waals surface area contributed by atoms with E-state index in [2.05, 4.69) is 16.2 Å². The molecule has 1 saturated carbocycles. The van der Waals surface area contributed by atoms with Crippen molar-refractivity contribution in [3.05, 3.63) is 76.9 Å². The summed E-state index contributed by atoms with van der Waals surface area (Å²) in [6.07, 6.45) is 5.92. The summed E-state index contributed by atoms with van der Waals surface area (Å²) in [7, 11) is 0. The zero-order chi connectivity index (χ0) is 19.9. The first kappa shape index (κ1) is 19.4. The van der Waals surface area contributed by atoms with Gasteiger partial charge in [-0.15, -0.1) is 0 Å². The average molecular weight is 377 g/mol. The summed E-state index contributed by atoms with van der Waals surface area (Å²) in [6.45, 7) is 2.04.